The van der Waals surface area contributed by atoms with Crippen molar-refractivity contribution in [1.29, 1.82) is 0 Å². The fraction of sp³-hybridized carbons (Fsp3) is 0.417. The van der Waals surface area contributed by atoms with Crippen LogP contribution in [0, 0.1) is 0 Å². The molecule has 1 aliphatic rings. The van der Waals surface area contributed by atoms with Gasteiger partial charge >= 0.3 is 0 Å². The summed E-state index contributed by atoms with van der Waals surface area (Å²) in [5, 5.41) is 2.94. The van der Waals surface area contributed by atoms with Crippen molar-refractivity contribution in [3.63, 3.8) is 0 Å². The minimum atomic E-state index is -0.247. The Kier molecular flexibility index (Phi) is 7.46. The molecular formula is C24H32N4O2. The lowest BCUT2D eigenvalue weighted by Crippen LogP contribution is -2.54. The van der Waals surface area contributed by atoms with Crippen LogP contribution in [0.4, 0.5) is 11.4 Å². The molecule has 0 aromatic heterocycles. The maximum Gasteiger partial charge on any atom is 0.243 e. The van der Waals surface area contributed by atoms with Crippen molar-refractivity contribution in [2.24, 2.45) is 0 Å². The smallest absolute Gasteiger partial charge is 0.243 e. The Hall–Kier alpha value is -2.86. The molecule has 1 atom stereocenters. The van der Waals surface area contributed by atoms with E-state index >= 15 is 0 Å². The topological polar surface area (TPSA) is 55.9 Å². The molecule has 2 aromatic carbocycles. The number of aryl methyl sites for hydroxylation is 1. The standard InChI is InChI=1S/C24H32N4O2/c1-4-20-10-8-9-13-22(20)25-23(29)18-26(3)24(30)19(2)27-14-16-28(17-15-27)21-11-6-5-7-12-21/h5-13,19H,4,14-18H2,1-3H3,(H,25,29)/t19-/m1/s1. The molecule has 6 heteroatoms. The van der Waals surface area contributed by atoms with Crippen LogP contribution < -0.4 is 10.2 Å². The number of piperazine rings is 1. The molecule has 0 aliphatic carbocycles. The summed E-state index contributed by atoms with van der Waals surface area (Å²) in [6.07, 6.45) is 0.844. The molecule has 0 saturated carbocycles. The van der Waals surface area contributed by atoms with E-state index < -0.39 is 0 Å². The molecule has 2 aromatic rings. The van der Waals surface area contributed by atoms with Gasteiger partial charge in [-0.1, -0.05) is 43.3 Å². The SMILES string of the molecule is CCc1ccccc1NC(=O)CN(C)C(=O)[C@@H](C)N1CCN(c2ccccc2)CC1. The number of benzene rings is 2. The molecule has 1 N–H and O–H groups in total. The van der Waals surface area contributed by atoms with Gasteiger partial charge in [-0.3, -0.25) is 14.5 Å². The molecule has 1 saturated heterocycles. The zero-order chi connectivity index (χ0) is 21.5. The van der Waals surface area contributed by atoms with Crippen molar-refractivity contribution >= 4 is 23.2 Å². The highest BCUT2D eigenvalue weighted by Crippen LogP contribution is 2.18. The number of anilines is 2. The van der Waals surface area contributed by atoms with Crippen LogP contribution in [0.2, 0.25) is 0 Å². The Morgan fingerprint density at radius 2 is 1.63 bits per heavy atom. The van der Waals surface area contributed by atoms with Crippen molar-refractivity contribution in [2.75, 3.05) is 50.0 Å². The van der Waals surface area contributed by atoms with Gasteiger partial charge in [-0.25, -0.2) is 0 Å². The molecule has 0 spiro atoms. The van der Waals surface area contributed by atoms with Crippen LogP contribution in [0.1, 0.15) is 19.4 Å². The van der Waals surface area contributed by atoms with Gasteiger partial charge in [0.25, 0.3) is 0 Å². The molecule has 0 bridgehead atoms. The Morgan fingerprint density at radius 1 is 1.00 bits per heavy atom. The first-order valence-corrected chi connectivity index (χ1v) is 10.7. The van der Waals surface area contributed by atoms with Crippen molar-refractivity contribution in [3.8, 4) is 0 Å². The first-order chi connectivity index (χ1) is 14.5. The monoisotopic (exact) mass is 408 g/mol. The third-order valence-corrected chi connectivity index (χ3v) is 5.77. The van der Waals surface area contributed by atoms with Gasteiger partial charge in [0.15, 0.2) is 0 Å². The summed E-state index contributed by atoms with van der Waals surface area (Å²) in [5.74, 6) is -0.199. The fourth-order valence-electron chi connectivity index (χ4n) is 3.91. The number of carbonyl (C=O) groups excluding carboxylic acids is 2. The summed E-state index contributed by atoms with van der Waals surface area (Å²) in [6, 6.07) is 17.9. The van der Waals surface area contributed by atoms with Crippen LogP contribution in [-0.4, -0.2) is 67.4 Å². The van der Waals surface area contributed by atoms with Gasteiger partial charge in [-0.2, -0.15) is 0 Å². The summed E-state index contributed by atoms with van der Waals surface area (Å²) < 4.78 is 0. The normalized spacial score (nSPS) is 15.5. The van der Waals surface area contributed by atoms with E-state index in [4.69, 9.17) is 0 Å². The minimum Gasteiger partial charge on any atom is -0.369 e. The Bertz CT molecular complexity index is 847. The third-order valence-electron chi connectivity index (χ3n) is 5.77. The summed E-state index contributed by atoms with van der Waals surface area (Å²) >= 11 is 0. The molecule has 1 fully saturated rings. The molecule has 160 valence electrons. The van der Waals surface area contributed by atoms with Crippen LogP contribution in [-0.2, 0) is 16.0 Å². The largest absolute Gasteiger partial charge is 0.369 e. The van der Waals surface area contributed by atoms with Gasteiger partial charge in [0, 0.05) is 44.6 Å². The van der Waals surface area contributed by atoms with Gasteiger partial charge < -0.3 is 15.1 Å². The average molecular weight is 409 g/mol. The van der Waals surface area contributed by atoms with Crippen molar-refractivity contribution in [1.82, 2.24) is 9.80 Å². The van der Waals surface area contributed by atoms with Crippen molar-refractivity contribution in [2.45, 2.75) is 26.3 Å². The van der Waals surface area contributed by atoms with Crippen LogP contribution in [0.3, 0.4) is 0 Å². The number of amides is 2. The Morgan fingerprint density at radius 3 is 2.30 bits per heavy atom. The van der Waals surface area contributed by atoms with Crippen molar-refractivity contribution < 1.29 is 9.59 Å². The van der Waals surface area contributed by atoms with E-state index in [-0.39, 0.29) is 24.4 Å². The second kappa shape index (κ2) is 10.3. The summed E-state index contributed by atoms with van der Waals surface area (Å²) in [7, 11) is 1.70. The van der Waals surface area contributed by atoms with Crippen LogP contribution in [0.25, 0.3) is 0 Å². The van der Waals surface area contributed by atoms with Gasteiger partial charge in [-0.15, -0.1) is 0 Å². The maximum atomic E-state index is 12.9. The second-order valence-corrected chi connectivity index (χ2v) is 7.79. The van der Waals surface area contributed by atoms with Crippen LogP contribution >= 0.6 is 0 Å². The van der Waals surface area contributed by atoms with E-state index in [0.29, 0.717) is 0 Å². The zero-order valence-corrected chi connectivity index (χ0v) is 18.2. The molecule has 30 heavy (non-hydrogen) atoms. The number of para-hydroxylation sites is 2. The Balaban J connectivity index is 1.50. The molecule has 2 amide bonds. The maximum absolute atomic E-state index is 12.9. The first-order valence-electron chi connectivity index (χ1n) is 10.7. The zero-order valence-electron chi connectivity index (χ0n) is 18.2. The number of carbonyl (C=O) groups is 2. The highest BCUT2D eigenvalue weighted by atomic mass is 16.2. The minimum absolute atomic E-state index is 0.0258. The lowest BCUT2D eigenvalue weighted by atomic mass is 10.1. The number of nitrogens with one attached hydrogen (secondary N) is 1. The van der Waals surface area contributed by atoms with E-state index in [1.54, 1.807) is 7.05 Å². The molecule has 6 nitrogen and oxygen atoms in total. The van der Waals surface area contributed by atoms with E-state index in [0.717, 1.165) is 43.9 Å². The Labute approximate surface area is 179 Å². The van der Waals surface area contributed by atoms with E-state index in [1.165, 1.54) is 10.6 Å². The van der Waals surface area contributed by atoms with E-state index in [9.17, 15) is 9.59 Å². The van der Waals surface area contributed by atoms with Crippen molar-refractivity contribution in [3.05, 3.63) is 60.2 Å². The van der Waals surface area contributed by atoms with Gasteiger partial charge in [-0.05, 0) is 37.1 Å². The molecule has 1 heterocycles. The van der Waals surface area contributed by atoms with Crippen LogP contribution in [0.15, 0.2) is 54.6 Å². The number of likely N-dealkylation sites (N-methyl/N-ethyl adjacent to an activating group) is 1. The quantitative estimate of drug-likeness (QED) is 0.766. The van der Waals surface area contributed by atoms with Crippen LogP contribution in [0.5, 0.6) is 0 Å². The fourth-order valence-corrected chi connectivity index (χ4v) is 3.91. The van der Waals surface area contributed by atoms with Gasteiger partial charge in [0.2, 0.25) is 11.8 Å². The van der Waals surface area contributed by atoms with Gasteiger partial charge in [0.05, 0.1) is 12.6 Å². The number of rotatable bonds is 7. The number of hydrogen-bond donors (Lipinski definition) is 1. The average Bonchev–Trinajstić information content (AvgIpc) is 2.79. The predicted octanol–water partition coefficient (Wildman–Crippen LogP) is 2.86. The summed E-state index contributed by atoms with van der Waals surface area (Å²) in [4.78, 5) is 31.4. The molecular weight excluding hydrogens is 376 g/mol. The molecule has 0 unspecified atom stereocenters. The first kappa shape index (κ1) is 21.8. The lowest BCUT2D eigenvalue weighted by molar-refractivity contribution is -0.137. The van der Waals surface area contributed by atoms with Gasteiger partial charge in [0.1, 0.15) is 0 Å². The lowest BCUT2D eigenvalue weighted by Gasteiger charge is -2.39. The molecule has 1 aliphatic heterocycles. The third kappa shape index (κ3) is 5.39. The highest BCUT2D eigenvalue weighted by molar-refractivity contribution is 5.95. The summed E-state index contributed by atoms with van der Waals surface area (Å²) in [6.45, 7) is 7.46. The molecule has 0 radical (unpaired) electrons. The van der Waals surface area contributed by atoms with E-state index in [1.807, 2.05) is 49.4 Å². The predicted molar refractivity (Wildman–Crippen MR) is 122 cm³/mol. The number of nitrogens with zero attached hydrogens (tertiary/aromatic N) is 3. The second-order valence-electron chi connectivity index (χ2n) is 7.79. The highest BCUT2D eigenvalue weighted by Gasteiger charge is 2.28. The van der Waals surface area contributed by atoms with E-state index in [2.05, 4.69) is 34.2 Å². The number of hydrogen-bond acceptors (Lipinski definition) is 4. The summed E-state index contributed by atoms with van der Waals surface area (Å²) in [5.41, 5.74) is 3.12. The molecule has 3 rings (SSSR count).